The van der Waals surface area contributed by atoms with E-state index in [2.05, 4.69) is 6.57 Å². The van der Waals surface area contributed by atoms with E-state index in [9.17, 15) is 41.0 Å². The summed E-state index contributed by atoms with van der Waals surface area (Å²) < 4.78 is 21.6. The molecule has 2 heterocycles. The monoisotopic (exact) mass is 484 g/mol. The Labute approximate surface area is 195 Å². The minimum absolute atomic E-state index is 0.487. The van der Waals surface area contributed by atoms with E-state index in [1.165, 1.54) is 0 Å². The Bertz CT molecular complexity index is 805. The highest BCUT2D eigenvalue weighted by Crippen LogP contribution is 2.28. The van der Waals surface area contributed by atoms with Gasteiger partial charge in [-0.05, 0) is 5.56 Å². The molecular weight excluding hydrogens is 456 g/mol. The van der Waals surface area contributed by atoms with Crippen LogP contribution in [0.3, 0.4) is 0 Å². The van der Waals surface area contributed by atoms with Gasteiger partial charge in [0.05, 0.1) is 19.3 Å². The van der Waals surface area contributed by atoms with Crippen molar-refractivity contribution in [3.63, 3.8) is 0 Å². The van der Waals surface area contributed by atoms with Crippen molar-refractivity contribution in [1.82, 2.24) is 0 Å². The summed E-state index contributed by atoms with van der Waals surface area (Å²) in [6.45, 7) is 2.36. The van der Waals surface area contributed by atoms with Crippen molar-refractivity contribution in [3.8, 4) is 12.6 Å². The van der Waals surface area contributed by atoms with E-state index in [-0.39, 0.29) is 0 Å². The lowest BCUT2D eigenvalue weighted by atomic mass is 9.98. The second-order valence-corrected chi connectivity index (χ2v) is 7.60. The maximum absolute atomic E-state index is 10.3. The van der Waals surface area contributed by atoms with Gasteiger partial charge in [-0.15, -0.1) is 0 Å². The van der Waals surface area contributed by atoms with Gasteiger partial charge in [0.15, 0.2) is 18.7 Å². The van der Waals surface area contributed by atoms with Gasteiger partial charge in [0, 0.05) is 6.57 Å². The molecule has 2 fully saturated rings. The summed E-state index contributed by atoms with van der Waals surface area (Å²) in [4.78, 5) is 0. The van der Waals surface area contributed by atoms with Crippen LogP contribution >= 0.6 is 0 Å². The number of nitrogens with zero attached hydrogens (tertiary/aromatic N) is 2. The summed E-state index contributed by atoms with van der Waals surface area (Å²) in [5.41, 5.74) is 0.487. The van der Waals surface area contributed by atoms with Crippen molar-refractivity contribution >= 4 is 0 Å². The minimum atomic E-state index is -1.70. The molecule has 0 aliphatic carbocycles. The largest absolute Gasteiger partial charge is 0.394 e. The summed E-state index contributed by atoms with van der Waals surface area (Å²) in [7, 11) is 0. The SMILES string of the molecule is C#N.N#C[C@H](O[C@@H]1O[C@H](CO[C@@H]2O[C@H](CO)[C@@H](O)[C@H](O)[C@H]2O)[C@@H](O)[C@H](O)[C@H]1O)c1ccccc1. The number of hydrogen-bond acceptors (Lipinski definition) is 13. The number of ether oxygens (including phenoxy) is 4. The summed E-state index contributed by atoms with van der Waals surface area (Å²) in [5.74, 6) is 0. The van der Waals surface area contributed by atoms with Crippen LogP contribution in [0.15, 0.2) is 30.3 Å². The van der Waals surface area contributed by atoms with Crippen molar-refractivity contribution in [1.29, 1.82) is 10.5 Å². The lowest BCUT2D eigenvalue weighted by Gasteiger charge is -2.43. The molecule has 7 N–H and O–H groups in total. The fourth-order valence-corrected chi connectivity index (χ4v) is 3.51. The molecule has 34 heavy (non-hydrogen) atoms. The van der Waals surface area contributed by atoms with Crippen molar-refractivity contribution in [2.45, 2.75) is 67.5 Å². The van der Waals surface area contributed by atoms with Crippen molar-refractivity contribution in [2.24, 2.45) is 0 Å². The average Bonchev–Trinajstić information content (AvgIpc) is 2.87. The van der Waals surface area contributed by atoms with Crippen molar-refractivity contribution in [2.75, 3.05) is 13.2 Å². The third kappa shape index (κ3) is 6.25. The molecule has 13 nitrogen and oxygen atoms in total. The third-order valence-corrected chi connectivity index (χ3v) is 5.43. The number of rotatable bonds is 7. The molecule has 188 valence electrons. The summed E-state index contributed by atoms with van der Waals surface area (Å²) in [6.07, 6.45) is -16.5. The molecule has 13 heteroatoms. The smallest absolute Gasteiger partial charge is 0.188 e. The first-order valence-electron chi connectivity index (χ1n) is 10.3. The van der Waals surface area contributed by atoms with Gasteiger partial charge < -0.3 is 54.7 Å². The van der Waals surface area contributed by atoms with E-state index in [1.54, 1.807) is 30.3 Å². The standard InChI is InChI=1S/C20H27NO11.CHN/c21-6-10(9-4-2-1-3-5-9)30-20-18(28)16(26)14(24)12(32-20)8-29-19-17(27)15(25)13(23)11(7-22)31-19;1-2/h1-5,10-20,22-28H,7-8H2;1H/t10-,11+,12+,13+,14+,15-,16-,17+,18+,19+,20+;/m0./s1. The lowest BCUT2D eigenvalue weighted by Crippen LogP contribution is -2.61. The van der Waals surface area contributed by atoms with Gasteiger partial charge >= 0.3 is 0 Å². The van der Waals surface area contributed by atoms with Crippen LogP contribution in [-0.4, -0.2) is 110 Å². The van der Waals surface area contributed by atoms with Crippen LogP contribution in [0.1, 0.15) is 11.7 Å². The molecule has 0 aromatic heterocycles. The highest BCUT2D eigenvalue weighted by Gasteiger charge is 2.48. The summed E-state index contributed by atoms with van der Waals surface area (Å²) >= 11 is 0. The van der Waals surface area contributed by atoms with E-state index < -0.39 is 80.7 Å². The molecule has 0 spiro atoms. The fourth-order valence-electron chi connectivity index (χ4n) is 3.51. The fraction of sp³-hybridized carbons (Fsp3) is 0.619. The zero-order chi connectivity index (χ0) is 25.4. The van der Waals surface area contributed by atoms with E-state index in [0.29, 0.717) is 5.56 Å². The Morgan fingerprint density at radius 2 is 1.35 bits per heavy atom. The summed E-state index contributed by atoms with van der Waals surface area (Å²) in [6, 6.07) is 10.3. The van der Waals surface area contributed by atoms with Gasteiger partial charge in [-0.1, -0.05) is 30.3 Å². The molecule has 11 atom stereocenters. The van der Waals surface area contributed by atoms with E-state index in [0.717, 1.165) is 0 Å². The number of nitriles is 2. The Kier molecular flexibility index (Phi) is 10.7. The molecule has 2 aliphatic rings. The Morgan fingerprint density at radius 1 is 0.824 bits per heavy atom. The zero-order valence-electron chi connectivity index (χ0n) is 17.9. The van der Waals surface area contributed by atoms with Crippen LogP contribution in [0.2, 0.25) is 0 Å². The predicted molar refractivity (Wildman–Crippen MR) is 109 cm³/mol. The van der Waals surface area contributed by atoms with Crippen LogP contribution in [0.4, 0.5) is 0 Å². The number of benzene rings is 1. The van der Waals surface area contributed by atoms with Gasteiger partial charge in [-0.3, -0.25) is 0 Å². The minimum Gasteiger partial charge on any atom is -0.394 e. The maximum Gasteiger partial charge on any atom is 0.188 e. The highest BCUT2D eigenvalue weighted by atomic mass is 16.7. The van der Waals surface area contributed by atoms with E-state index in [1.807, 2.05) is 6.07 Å². The lowest BCUT2D eigenvalue weighted by molar-refractivity contribution is -0.334. The van der Waals surface area contributed by atoms with Gasteiger partial charge in [-0.25, -0.2) is 5.26 Å². The molecule has 0 saturated carbocycles. The molecule has 2 saturated heterocycles. The number of aliphatic hydroxyl groups is 7. The molecule has 0 amide bonds. The summed E-state index contributed by atoms with van der Waals surface area (Å²) in [5, 5.41) is 85.6. The second-order valence-electron chi connectivity index (χ2n) is 7.60. The highest BCUT2D eigenvalue weighted by molar-refractivity contribution is 5.22. The number of aliphatic hydroxyl groups excluding tert-OH is 7. The second kappa shape index (κ2) is 13.0. The zero-order valence-corrected chi connectivity index (χ0v) is 17.9. The van der Waals surface area contributed by atoms with Crippen LogP contribution in [-0.2, 0) is 18.9 Å². The van der Waals surface area contributed by atoms with Crippen LogP contribution in [0.5, 0.6) is 0 Å². The van der Waals surface area contributed by atoms with Gasteiger partial charge in [0.25, 0.3) is 0 Å². The topological polar surface area (TPSA) is 226 Å². The molecule has 1 aromatic carbocycles. The van der Waals surface area contributed by atoms with Crippen LogP contribution in [0.25, 0.3) is 0 Å². The normalized spacial score (nSPS) is 38.7. The van der Waals surface area contributed by atoms with Gasteiger partial charge in [-0.2, -0.15) is 5.26 Å². The molecular formula is C21H28N2O11. The molecule has 0 unspecified atom stereocenters. The first-order valence-corrected chi connectivity index (χ1v) is 10.3. The Morgan fingerprint density at radius 3 is 1.91 bits per heavy atom. The van der Waals surface area contributed by atoms with E-state index in [4.69, 9.17) is 24.2 Å². The molecule has 0 radical (unpaired) electrons. The Balaban J connectivity index is 0.00000199. The molecule has 2 aliphatic heterocycles. The third-order valence-electron chi connectivity index (χ3n) is 5.43. The van der Waals surface area contributed by atoms with Crippen LogP contribution < -0.4 is 0 Å². The van der Waals surface area contributed by atoms with E-state index >= 15 is 0 Å². The first-order chi connectivity index (χ1) is 16.3. The average molecular weight is 484 g/mol. The van der Waals surface area contributed by atoms with Crippen molar-refractivity contribution in [3.05, 3.63) is 35.9 Å². The molecule has 1 aromatic rings. The molecule has 3 rings (SSSR count). The van der Waals surface area contributed by atoms with Gasteiger partial charge in [0.1, 0.15) is 48.8 Å². The Hall–Kier alpha value is -2.24. The molecule has 0 bridgehead atoms. The van der Waals surface area contributed by atoms with Gasteiger partial charge in [0.2, 0.25) is 0 Å². The van der Waals surface area contributed by atoms with Crippen LogP contribution in [0, 0.1) is 23.2 Å². The quantitative estimate of drug-likeness (QED) is 0.205. The van der Waals surface area contributed by atoms with Crippen molar-refractivity contribution < 1.29 is 54.7 Å². The first kappa shape index (κ1) is 28.0. The predicted octanol–water partition coefficient (Wildman–Crippen LogP) is -2.97. The number of hydrogen-bond donors (Lipinski definition) is 7. The maximum atomic E-state index is 10.3.